The minimum atomic E-state index is -3.51. The summed E-state index contributed by atoms with van der Waals surface area (Å²) in [5.41, 5.74) is 1.45. The van der Waals surface area contributed by atoms with Gasteiger partial charge >= 0.3 is 0 Å². The van der Waals surface area contributed by atoms with Crippen molar-refractivity contribution < 1.29 is 17.9 Å². The van der Waals surface area contributed by atoms with Gasteiger partial charge in [-0.05, 0) is 42.7 Å². The summed E-state index contributed by atoms with van der Waals surface area (Å²) < 4.78 is 32.5. The number of rotatable bonds is 4. The number of amides is 1. The number of carbonyl (C=O) groups excluding carboxylic acids is 1. The first-order chi connectivity index (χ1) is 12.5. The Labute approximate surface area is 152 Å². The third-order valence-electron chi connectivity index (χ3n) is 4.74. The molecule has 0 radical (unpaired) electrons. The number of carbonyl (C=O) groups is 1. The fraction of sp³-hybridized carbons (Fsp3) is 0.316. The van der Waals surface area contributed by atoms with Crippen LogP contribution in [0.3, 0.4) is 0 Å². The van der Waals surface area contributed by atoms with Crippen molar-refractivity contribution in [1.82, 2.24) is 4.31 Å². The van der Waals surface area contributed by atoms with Crippen LogP contribution in [0.5, 0.6) is 5.75 Å². The van der Waals surface area contributed by atoms with Gasteiger partial charge in [-0.2, -0.15) is 4.31 Å². The van der Waals surface area contributed by atoms with Crippen LogP contribution < -0.4 is 10.1 Å². The van der Waals surface area contributed by atoms with Crippen molar-refractivity contribution in [2.45, 2.75) is 30.3 Å². The van der Waals surface area contributed by atoms with E-state index in [4.69, 9.17) is 4.74 Å². The summed E-state index contributed by atoms with van der Waals surface area (Å²) in [6.45, 7) is 1.10. The van der Waals surface area contributed by atoms with Crippen LogP contribution in [0.15, 0.2) is 53.4 Å². The number of fused-ring (bicyclic) bond motifs is 1. The maximum atomic E-state index is 12.7. The smallest absolute Gasteiger partial charge is 0.265 e. The van der Waals surface area contributed by atoms with Gasteiger partial charge in [-0.25, -0.2) is 8.42 Å². The fourth-order valence-corrected chi connectivity index (χ4v) is 4.93. The summed E-state index contributed by atoms with van der Waals surface area (Å²) in [7, 11) is -3.51. The normalized spacial score (nSPS) is 19.8. The number of nitrogens with one attached hydrogen (secondary N) is 1. The molecule has 1 amide bonds. The molecule has 2 aliphatic rings. The summed E-state index contributed by atoms with van der Waals surface area (Å²) in [5, 5.41) is 2.77. The number of benzene rings is 2. The molecule has 26 heavy (non-hydrogen) atoms. The van der Waals surface area contributed by atoms with E-state index in [1.54, 1.807) is 18.2 Å². The molecular formula is C19H20N2O4S. The first-order valence-corrected chi connectivity index (χ1v) is 10.1. The largest absolute Gasteiger partial charge is 0.480 e. The van der Waals surface area contributed by atoms with Gasteiger partial charge in [-0.3, -0.25) is 4.79 Å². The van der Waals surface area contributed by atoms with Crippen LogP contribution in [0.25, 0.3) is 0 Å². The zero-order chi connectivity index (χ0) is 18.1. The van der Waals surface area contributed by atoms with E-state index in [0.29, 0.717) is 25.2 Å². The Kier molecular flexibility index (Phi) is 4.42. The molecule has 2 aliphatic heterocycles. The van der Waals surface area contributed by atoms with Crippen LogP contribution in [0.1, 0.15) is 18.4 Å². The second-order valence-electron chi connectivity index (χ2n) is 6.55. The van der Waals surface area contributed by atoms with Crippen LogP contribution in [0.4, 0.5) is 5.69 Å². The van der Waals surface area contributed by atoms with Gasteiger partial charge in [0.25, 0.3) is 5.91 Å². The average Bonchev–Trinajstić information content (AvgIpc) is 3.32. The number of para-hydroxylation sites is 1. The monoisotopic (exact) mass is 372 g/mol. The quantitative estimate of drug-likeness (QED) is 0.894. The number of hydrogen-bond donors (Lipinski definition) is 1. The van der Waals surface area contributed by atoms with E-state index in [1.807, 2.05) is 24.3 Å². The fourth-order valence-electron chi connectivity index (χ4n) is 3.36. The third kappa shape index (κ3) is 3.20. The van der Waals surface area contributed by atoms with Crippen LogP contribution in [-0.4, -0.2) is 37.8 Å². The van der Waals surface area contributed by atoms with Crippen molar-refractivity contribution in [1.29, 1.82) is 0 Å². The van der Waals surface area contributed by atoms with Crippen LogP contribution in [-0.2, 0) is 21.2 Å². The number of anilines is 1. The molecule has 2 aromatic carbocycles. The van der Waals surface area contributed by atoms with E-state index in [9.17, 15) is 13.2 Å². The highest BCUT2D eigenvalue weighted by molar-refractivity contribution is 7.89. The predicted molar refractivity (Wildman–Crippen MR) is 97.6 cm³/mol. The number of hydrogen-bond acceptors (Lipinski definition) is 4. The van der Waals surface area contributed by atoms with Crippen molar-refractivity contribution in [3.63, 3.8) is 0 Å². The zero-order valence-electron chi connectivity index (χ0n) is 14.2. The maximum Gasteiger partial charge on any atom is 0.265 e. The molecule has 0 saturated carbocycles. The lowest BCUT2D eigenvalue weighted by molar-refractivity contribution is -0.122. The third-order valence-corrected chi connectivity index (χ3v) is 6.64. The molecule has 2 heterocycles. The van der Waals surface area contributed by atoms with Crippen molar-refractivity contribution >= 4 is 21.6 Å². The van der Waals surface area contributed by atoms with Crippen molar-refractivity contribution in [3.05, 3.63) is 54.1 Å². The molecule has 1 fully saturated rings. The summed E-state index contributed by atoms with van der Waals surface area (Å²) in [5.74, 6) is 0.440. The van der Waals surface area contributed by atoms with Gasteiger partial charge in [0.05, 0.1) is 4.90 Å². The van der Waals surface area contributed by atoms with Gasteiger partial charge in [0.15, 0.2) is 6.10 Å². The summed E-state index contributed by atoms with van der Waals surface area (Å²) in [4.78, 5) is 12.7. The van der Waals surface area contributed by atoms with Gasteiger partial charge in [-0.1, -0.05) is 24.3 Å². The highest BCUT2D eigenvalue weighted by Crippen LogP contribution is 2.29. The van der Waals surface area contributed by atoms with E-state index in [1.165, 1.54) is 10.4 Å². The molecule has 6 nitrogen and oxygen atoms in total. The zero-order valence-corrected chi connectivity index (χ0v) is 15.0. The molecule has 0 aliphatic carbocycles. The Hall–Kier alpha value is -2.38. The molecule has 1 saturated heterocycles. The molecule has 2 aromatic rings. The van der Waals surface area contributed by atoms with Gasteiger partial charge in [0, 0.05) is 25.2 Å². The SMILES string of the molecule is O=C(Nc1cccc(S(=O)(=O)N2CCCC2)c1)[C@@H]1Cc2ccccc2O1. The Morgan fingerprint density at radius 3 is 2.62 bits per heavy atom. The van der Waals surface area contributed by atoms with E-state index in [2.05, 4.69) is 5.32 Å². The molecule has 0 bridgehead atoms. The summed E-state index contributed by atoms with van der Waals surface area (Å²) in [6.07, 6.45) is 1.67. The average molecular weight is 372 g/mol. The highest BCUT2D eigenvalue weighted by atomic mass is 32.2. The van der Waals surface area contributed by atoms with E-state index in [-0.39, 0.29) is 10.8 Å². The Morgan fingerprint density at radius 1 is 1.08 bits per heavy atom. The second-order valence-corrected chi connectivity index (χ2v) is 8.48. The molecule has 0 unspecified atom stereocenters. The highest BCUT2D eigenvalue weighted by Gasteiger charge is 2.30. The molecule has 0 aromatic heterocycles. The van der Waals surface area contributed by atoms with Crippen molar-refractivity contribution in [2.75, 3.05) is 18.4 Å². The maximum absolute atomic E-state index is 12.7. The Morgan fingerprint density at radius 2 is 1.85 bits per heavy atom. The predicted octanol–water partition coefficient (Wildman–Crippen LogP) is 2.41. The molecular weight excluding hydrogens is 352 g/mol. The van der Waals surface area contributed by atoms with Gasteiger partial charge in [0.2, 0.25) is 10.0 Å². The van der Waals surface area contributed by atoms with Crippen molar-refractivity contribution in [2.24, 2.45) is 0 Å². The Balaban J connectivity index is 1.48. The molecule has 0 spiro atoms. The molecule has 4 rings (SSSR count). The molecule has 1 atom stereocenters. The first kappa shape index (κ1) is 17.1. The summed E-state index contributed by atoms with van der Waals surface area (Å²) >= 11 is 0. The lowest BCUT2D eigenvalue weighted by Gasteiger charge is -2.16. The van der Waals surface area contributed by atoms with Crippen molar-refractivity contribution in [3.8, 4) is 5.75 Å². The number of nitrogens with zero attached hydrogens (tertiary/aromatic N) is 1. The lowest BCUT2D eigenvalue weighted by atomic mass is 10.1. The molecule has 136 valence electrons. The van der Waals surface area contributed by atoms with Gasteiger partial charge < -0.3 is 10.1 Å². The molecule has 7 heteroatoms. The molecule has 1 N–H and O–H groups in total. The van der Waals surface area contributed by atoms with Gasteiger partial charge in [-0.15, -0.1) is 0 Å². The van der Waals surface area contributed by atoms with Crippen LogP contribution in [0.2, 0.25) is 0 Å². The van der Waals surface area contributed by atoms with Crippen LogP contribution >= 0.6 is 0 Å². The number of ether oxygens (including phenoxy) is 1. The summed E-state index contributed by atoms with van der Waals surface area (Å²) in [6, 6.07) is 13.9. The Bertz CT molecular complexity index is 911. The number of sulfonamides is 1. The minimum absolute atomic E-state index is 0.202. The van der Waals surface area contributed by atoms with E-state index >= 15 is 0 Å². The van der Waals surface area contributed by atoms with E-state index in [0.717, 1.165) is 24.2 Å². The van der Waals surface area contributed by atoms with E-state index < -0.39 is 16.1 Å². The minimum Gasteiger partial charge on any atom is -0.480 e. The standard InChI is InChI=1S/C19H20N2O4S/c22-19(18-12-14-6-1-2-9-17(14)25-18)20-15-7-5-8-16(13-15)26(23,24)21-10-3-4-11-21/h1-2,5-9,13,18H,3-4,10-12H2,(H,20,22)/t18-/m0/s1. The van der Waals surface area contributed by atoms with Gasteiger partial charge in [0.1, 0.15) is 5.75 Å². The lowest BCUT2D eigenvalue weighted by Crippen LogP contribution is -2.31. The van der Waals surface area contributed by atoms with Crippen LogP contribution in [0, 0.1) is 0 Å². The topological polar surface area (TPSA) is 75.7 Å². The first-order valence-electron chi connectivity index (χ1n) is 8.70. The second kappa shape index (κ2) is 6.74.